The summed E-state index contributed by atoms with van der Waals surface area (Å²) in [6.07, 6.45) is 7.42. The van der Waals surface area contributed by atoms with Gasteiger partial charge in [-0.1, -0.05) is 55.2 Å². The fourth-order valence-corrected chi connectivity index (χ4v) is 7.48. The number of hydrogen-bond acceptors (Lipinski definition) is 8. The fraction of sp³-hybridized carbons (Fsp3) is 0.465. The maximum Gasteiger partial charge on any atom is 0.307 e. The minimum absolute atomic E-state index is 0.0623. The zero-order chi connectivity index (χ0) is 41.9. The quantitative estimate of drug-likeness (QED) is 0.0515. The Balaban J connectivity index is 1.56. The van der Waals surface area contributed by atoms with Crippen molar-refractivity contribution in [3.8, 4) is 0 Å². The van der Waals surface area contributed by atoms with Crippen LogP contribution in [0.3, 0.4) is 0 Å². The lowest BCUT2D eigenvalue weighted by Gasteiger charge is -2.39. The summed E-state index contributed by atoms with van der Waals surface area (Å²) in [4.78, 5) is 78.7. The maximum absolute atomic E-state index is 14.4. The van der Waals surface area contributed by atoms with E-state index in [0.717, 1.165) is 22.9 Å². The number of rotatable bonds is 19. The van der Waals surface area contributed by atoms with Crippen molar-refractivity contribution in [2.45, 2.75) is 109 Å². The van der Waals surface area contributed by atoms with E-state index in [1.165, 1.54) is 30.3 Å². The number of ether oxygens (including phenoxy) is 1. The first-order valence-corrected chi connectivity index (χ1v) is 19.4. The number of hydrogen-bond donors (Lipinski definition) is 4. The molecule has 4 atom stereocenters. The van der Waals surface area contributed by atoms with E-state index in [9.17, 15) is 34.1 Å². The van der Waals surface area contributed by atoms with Gasteiger partial charge in [0.25, 0.3) is 5.69 Å². The molecule has 1 saturated carbocycles. The van der Waals surface area contributed by atoms with E-state index in [2.05, 4.69) is 45.8 Å². The van der Waals surface area contributed by atoms with Crippen molar-refractivity contribution in [1.29, 1.82) is 0 Å². The number of aryl methyl sites for hydroxylation is 1. The molecule has 2 aromatic carbocycles. The van der Waals surface area contributed by atoms with Gasteiger partial charge >= 0.3 is 5.97 Å². The van der Waals surface area contributed by atoms with Crippen LogP contribution < -0.4 is 21.7 Å². The number of benzene rings is 2. The van der Waals surface area contributed by atoms with Gasteiger partial charge in [-0.15, -0.1) is 13.2 Å². The van der Waals surface area contributed by atoms with Crippen LogP contribution in [-0.4, -0.2) is 62.8 Å². The van der Waals surface area contributed by atoms with Gasteiger partial charge in [0.05, 0.1) is 23.7 Å². The highest BCUT2D eigenvalue weighted by Gasteiger charge is 2.45. The molecule has 57 heavy (non-hydrogen) atoms. The van der Waals surface area contributed by atoms with Crippen molar-refractivity contribution in [2.24, 2.45) is 17.6 Å². The number of aromatic nitrogens is 1. The van der Waals surface area contributed by atoms with Crippen LogP contribution in [0.5, 0.6) is 0 Å². The summed E-state index contributed by atoms with van der Waals surface area (Å²) in [6, 6.07) is 12.5. The number of nitro benzene ring substituents is 1. The summed E-state index contributed by atoms with van der Waals surface area (Å²) >= 11 is 0. The van der Waals surface area contributed by atoms with Crippen LogP contribution >= 0.6 is 0 Å². The first kappa shape index (κ1) is 43.9. The summed E-state index contributed by atoms with van der Waals surface area (Å²) in [5, 5.41) is 21.0. The molecular weight excluding hydrogens is 729 g/mol. The predicted molar refractivity (Wildman–Crippen MR) is 218 cm³/mol. The van der Waals surface area contributed by atoms with Crippen molar-refractivity contribution >= 4 is 46.2 Å². The minimum Gasteiger partial charge on any atom is -0.460 e. The molecule has 1 aromatic heterocycles. The van der Waals surface area contributed by atoms with Crippen LogP contribution in [0.4, 0.5) is 5.69 Å². The maximum atomic E-state index is 14.4. The zero-order valence-corrected chi connectivity index (χ0v) is 33.4. The predicted octanol–water partition coefficient (Wildman–Crippen LogP) is 5.66. The van der Waals surface area contributed by atoms with Crippen molar-refractivity contribution in [1.82, 2.24) is 20.5 Å². The average molecular weight is 785 g/mol. The molecule has 1 heterocycles. The van der Waals surface area contributed by atoms with Crippen molar-refractivity contribution < 1.29 is 33.6 Å². The number of nitro groups is 1. The molecule has 306 valence electrons. The van der Waals surface area contributed by atoms with E-state index in [1.807, 2.05) is 25.3 Å². The summed E-state index contributed by atoms with van der Waals surface area (Å²) in [5.41, 5.74) is 5.78. The Hall–Kier alpha value is -5.79. The van der Waals surface area contributed by atoms with Crippen LogP contribution in [0, 0.1) is 28.9 Å². The number of amides is 4. The van der Waals surface area contributed by atoms with Gasteiger partial charge in [0.2, 0.25) is 23.6 Å². The second kappa shape index (κ2) is 19.4. The number of carbonyl (C=O) groups is 5. The fourth-order valence-electron chi connectivity index (χ4n) is 7.48. The highest BCUT2D eigenvalue weighted by Crippen LogP contribution is 2.34. The standard InChI is InChI=1S/C43H56N6O8/c1-7-12-29(27-48-22-19-31-23-28(3)13-18-36(31)48)26-45-40(53)35(25-37(44)50)46-41(54)43(20-10-9-11-21-43)47-39(52)34(24-38(51)57-42(4,5)6)33(8-2)30-14-16-32(17-15-30)49(55)56/h7-8,13-19,22-23,29,33-35H,1-2,9-12,20-21,24-27H2,3-6H3,(H2,44,50)(H,45,53)(H,46,54)(H,47,52)/t29-,33+,34-,35-/m0/s1. The molecule has 1 aliphatic carbocycles. The number of carbonyl (C=O) groups excluding carboxylic acids is 5. The number of fused-ring (bicyclic) bond motifs is 1. The Labute approximate surface area is 333 Å². The molecule has 0 aliphatic heterocycles. The highest BCUT2D eigenvalue weighted by atomic mass is 16.6. The molecule has 1 aliphatic rings. The van der Waals surface area contributed by atoms with E-state index in [0.29, 0.717) is 31.4 Å². The van der Waals surface area contributed by atoms with Gasteiger partial charge in [-0.05, 0) is 82.0 Å². The van der Waals surface area contributed by atoms with Crippen LogP contribution in [0.15, 0.2) is 80.0 Å². The van der Waals surface area contributed by atoms with E-state index >= 15 is 0 Å². The molecule has 0 saturated heterocycles. The number of nitrogens with one attached hydrogen (secondary N) is 3. The van der Waals surface area contributed by atoms with Crippen LogP contribution in [-0.2, 0) is 35.3 Å². The van der Waals surface area contributed by atoms with E-state index in [-0.39, 0.29) is 37.4 Å². The zero-order valence-electron chi connectivity index (χ0n) is 33.4. The van der Waals surface area contributed by atoms with Crippen LogP contribution in [0.25, 0.3) is 10.9 Å². The summed E-state index contributed by atoms with van der Waals surface area (Å²) in [6.45, 7) is 15.7. The van der Waals surface area contributed by atoms with Gasteiger partial charge in [-0.2, -0.15) is 0 Å². The molecule has 1 fully saturated rings. The van der Waals surface area contributed by atoms with Crippen molar-refractivity contribution in [3.05, 3.63) is 101 Å². The van der Waals surface area contributed by atoms with Gasteiger partial charge in [-0.3, -0.25) is 34.1 Å². The van der Waals surface area contributed by atoms with Crippen LogP contribution in [0.2, 0.25) is 0 Å². The lowest BCUT2D eigenvalue weighted by molar-refractivity contribution is -0.384. The molecule has 0 radical (unpaired) electrons. The molecule has 4 amide bonds. The first-order valence-electron chi connectivity index (χ1n) is 19.4. The molecular formula is C43H56N6O8. The SMILES string of the molecule is C=CC[C@@H](CNC(=O)[C@H](CC(N)=O)NC(=O)C1(NC(=O)[C@@H](CC(=O)OC(C)(C)C)[C@H](C=C)c2ccc([N+](=O)[O-])cc2)CCCCC1)Cn1ccc2cc(C)ccc21. The van der Waals surface area contributed by atoms with Crippen molar-refractivity contribution in [3.63, 3.8) is 0 Å². The van der Waals surface area contributed by atoms with Gasteiger partial charge in [-0.25, -0.2) is 0 Å². The molecule has 0 unspecified atom stereocenters. The first-order chi connectivity index (χ1) is 26.9. The third kappa shape index (κ3) is 12.1. The lowest BCUT2D eigenvalue weighted by Crippen LogP contribution is -2.64. The highest BCUT2D eigenvalue weighted by molar-refractivity contribution is 5.97. The number of allylic oxidation sites excluding steroid dienone is 2. The summed E-state index contributed by atoms with van der Waals surface area (Å²) < 4.78 is 7.68. The second-order valence-corrected chi connectivity index (χ2v) is 16.0. The average Bonchev–Trinajstić information content (AvgIpc) is 3.54. The number of primary amides is 1. The molecule has 14 nitrogen and oxygen atoms in total. The number of nitrogens with zero attached hydrogens (tertiary/aromatic N) is 2. The smallest absolute Gasteiger partial charge is 0.307 e. The van der Waals surface area contributed by atoms with Gasteiger partial charge < -0.3 is 31.0 Å². The summed E-state index contributed by atoms with van der Waals surface area (Å²) in [5.74, 6) is -5.35. The third-order valence-electron chi connectivity index (χ3n) is 10.3. The number of non-ortho nitro benzene ring substituents is 1. The molecule has 0 bridgehead atoms. The Morgan fingerprint density at radius 3 is 2.28 bits per heavy atom. The second-order valence-electron chi connectivity index (χ2n) is 16.0. The Morgan fingerprint density at radius 2 is 1.68 bits per heavy atom. The third-order valence-corrected chi connectivity index (χ3v) is 10.3. The van der Waals surface area contributed by atoms with Gasteiger partial charge in [0.1, 0.15) is 17.2 Å². The molecule has 5 N–H and O–H groups in total. The molecule has 3 aromatic rings. The Morgan fingerprint density at radius 1 is 1.00 bits per heavy atom. The summed E-state index contributed by atoms with van der Waals surface area (Å²) in [7, 11) is 0. The lowest BCUT2D eigenvalue weighted by atomic mass is 9.78. The monoisotopic (exact) mass is 784 g/mol. The Kier molecular flexibility index (Phi) is 14.9. The van der Waals surface area contributed by atoms with E-state index in [4.69, 9.17) is 10.5 Å². The van der Waals surface area contributed by atoms with E-state index in [1.54, 1.807) is 26.8 Å². The normalized spacial score (nSPS) is 15.9. The molecule has 14 heteroatoms. The van der Waals surface area contributed by atoms with Crippen LogP contribution in [0.1, 0.15) is 89.2 Å². The Bertz CT molecular complexity index is 1960. The topological polar surface area (TPSA) is 205 Å². The van der Waals surface area contributed by atoms with Crippen molar-refractivity contribution in [2.75, 3.05) is 6.54 Å². The number of nitrogens with two attached hydrogens (primary N) is 1. The largest absolute Gasteiger partial charge is 0.460 e. The van der Waals surface area contributed by atoms with E-state index < -0.39 is 70.0 Å². The number of esters is 1. The van der Waals surface area contributed by atoms with Gasteiger partial charge in [0, 0.05) is 42.9 Å². The van der Waals surface area contributed by atoms with Gasteiger partial charge in [0.15, 0.2) is 0 Å². The minimum atomic E-state index is -1.49. The molecule has 4 rings (SSSR count). The molecule has 0 spiro atoms.